The number of aromatic nitrogens is 4. The number of piperazine rings is 1. The van der Waals surface area contributed by atoms with Crippen LogP contribution in [0.3, 0.4) is 0 Å². The highest BCUT2D eigenvalue weighted by atomic mass is 16.5. The molecule has 0 radical (unpaired) electrons. The van der Waals surface area contributed by atoms with Gasteiger partial charge in [-0.05, 0) is 47.7 Å². The first-order valence-electron chi connectivity index (χ1n) is 11.1. The topological polar surface area (TPSA) is 59.3 Å². The van der Waals surface area contributed by atoms with Gasteiger partial charge in [-0.1, -0.05) is 38.8 Å². The number of para-hydroxylation sites is 2. The van der Waals surface area contributed by atoms with Crippen molar-refractivity contribution < 1.29 is 4.74 Å². The highest BCUT2D eigenvalue weighted by molar-refractivity contribution is 5.58. The summed E-state index contributed by atoms with van der Waals surface area (Å²) in [7, 11) is 1.75. The largest absolute Gasteiger partial charge is 0.495 e. The van der Waals surface area contributed by atoms with Gasteiger partial charge < -0.3 is 9.64 Å². The van der Waals surface area contributed by atoms with Crippen molar-refractivity contribution in [3.8, 4) is 5.75 Å². The average Bonchev–Trinajstić information content (AvgIpc) is 3.43. The summed E-state index contributed by atoms with van der Waals surface area (Å²) in [6, 6.07) is 9.07. The molecule has 158 valence electrons. The molecule has 1 atom stereocenters. The van der Waals surface area contributed by atoms with Crippen LogP contribution in [0.5, 0.6) is 5.75 Å². The van der Waals surface area contributed by atoms with Crippen molar-refractivity contribution in [2.24, 2.45) is 5.92 Å². The van der Waals surface area contributed by atoms with Crippen molar-refractivity contribution in [1.82, 2.24) is 25.1 Å². The first kappa shape index (κ1) is 20.1. The number of nitrogens with zero attached hydrogens (tertiary/aromatic N) is 6. The number of hydrogen-bond acceptors (Lipinski definition) is 6. The number of anilines is 1. The monoisotopic (exact) mass is 398 g/mol. The Balaban J connectivity index is 1.50. The molecule has 7 nitrogen and oxygen atoms in total. The minimum Gasteiger partial charge on any atom is -0.495 e. The summed E-state index contributed by atoms with van der Waals surface area (Å²) < 4.78 is 7.72. The van der Waals surface area contributed by atoms with E-state index in [-0.39, 0.29) is 6.04 Å². The fourth-order valence-electron chi connectivity index (χ4n) is 4.86. The van der Waals surface area contributed by atoms with E-state index in [1.54, 1.807) is 7.11 Å². The molecular weight excluding hydrogens is 364 g/mol. The summed E-state index contributed by atoms with van der Waals surface area (Å²) in [5.41, 5.74) is 1.19. The Hall–Kier alpha value is -2.15. The van der Waals surface area contributed by atoms with Crippen molar-refractivity contribution >= 4 is 5.69 Å². The molecule has 0 amide bonds. The number of methoxy groups -OCH3 is 1. The Morgan fingerprint density at radius 2 is 1.79 bits per heavy atom. The van der Waals surface area contributed by atoms with E-state index >= 15 is 0 Å². The summed E-state index contributed by atoms with van der Waals surface area (Å²) >= 11 is 0. The molecule has 29 heavy (non-hydrogen) atoms. The second-order valence-electron chi connectivity index (χ2n) is 8.76. The molecule has 2 fully saturated rings. The van der Waals surface area contributed by atoms with Crippen LogP contribution in [0.1, 0.15) is 63.9 Å². The maximum Gasteiger partial charge on any atom is 0.168 e. The van der Waals surface area contributed by atoms with Crippen LogP contribution in [0.15, 0.2) is 24.3 Å². The predicted molar refractivity (Wildman–Crippen MR) is 114 cm³/mol. The maximum absolute atomic E-state index is 5.57. The van der Waals surface area contributed by atoms with Gasteiger partial charge in [0.25, 0.3) is 0 Å². The molecule has 1 aliphatic heterocycles. The molecule has 1 aromatic heterocycles. The molecule has 1 unspecified atom stereocenters. The minimum absolute atomic E-state index is 0.283. The fraction of sp³-hybridized carbons (Fsp3) is 0.682. The van der Waals surface area contributed by atoms with E-state index in [9.17, 15) is 0 Å². The van der Waals surface area contributed by atoms with Gasteiger partial charge in [-0.25, -0.2) is 4.68 Å². The van der Waals surface area contributed by atoms with Crippen LogP contribution < -0.4 is 9.64 Å². The Labute approximate surface area is 174 Å². The Bertz CT molecular complexity index is 777. The van der Waals surface area contributed by atoms with Gasteiger partial charge in [-0.2, -0.15) is 0 Å². The van der Waals surface area contributed by atoms with Crippen molar-refractivity contribution in [2.45, 2.75) is 58.0 Å². The molecule has 0 N–H and O–H groups in total. The van der Waals surface area contributed by atoms with Crippen LogP contribution >= 0.6 is 0 Å². The zero-order chi connectivity index (χ0) is 20.2. The van der Waals surface area contributed by atoms with Crippen LogP contribution in [0.25, 0.3) is 0 Å². The van der Waals surface area contributed by atoms with Crippen LogP contribution in [0.4, 0.5) is 5.69 Å². The number of tetrazole rings is 1. The van der Waals surface area contributed by atoms with Crippen LogP contribution in [0, 0.1) is 5.92 Å². The molecule has 2 heterocycles. The van der Waals surface area contributed by atoms with Gasteiger partial charge in [-0.3, -0.25) is 4.90 Å². The number of hydrogen-bond donors (Lipinski definition) is 0. The SMILES string of the molecule is COc1ccccc1N1CCN(C(CC(C)C)c2nnnn2C2CCCC2)CC1. The standard InChI is InChI=1S/C22H34N6O/c1-17(2)16-20(22-23-24-25-28(22)18-8-4-5-9-18)27-14-12-26(13-15-27)19-10-6-7-11-21(19)29-3/h6-7,10-11,17-18,20H,4-5,8-9,12-16H2,1-3H3. The first-order chi connectivity index (χ1) is 14.2. The number of ether oxygens (including phenoxy) is 1. The molecule has 1 saturated carbocycles. The quantitative estimate of drug-likeness (QED) is 0.709. The second-order valence-corrected chi connectivity index (χ2v) is 8.76. The second kappa shape index (κ2) is 9.11. The van der Waals surface area contributed by atoms with Crippen molar-refractivity contribution in [3.05, 3.63) is 30.1 Å². The molecule has 4 rings (SSSR count). The van der Waals surface area contributed by atoms with E-state index < -0.39 is 0 Å². The molecule has 2 aliphatic rings. The Morgan fingerprint density at radius 1 is 1.07 bits per heavy atom. The van der Waals surface area contributed by atoms with E-state index in [2.05, 4.69) is 56.0 Å². The van der Waals surface area contributed by atoms with E-state index in [1.807, 2.05) is 12.1 Å². The summed E-state index contributed by atoms with van der Waals surface area (Å²) in [6.07, 6.45) is 6.07. The highest BCUT2D eigenvalue weighted by Crippen LogP contribution is 2.35. The normalized spacial score (nSPS) is 19.8. The van der Waals surface area contributed by atoms with E-state index in [4.69, 9.17) is 4.74 Å². The summed E-state index contributed by atoms with van der Waals surface area (Å²) in [5, 5.41) is 13.0. The minimum atomic E-state index is 0.283. The van der Waals surface area contributed by atoms with Gasteiger partial charge in [0, 0.05) is 26.2 Å². The number of benzene rings is 1. The molecule has 1 aliphatic carbocycles. The Kier molecular flexibility index (Phi) is 6.33. The van der Waals surface area contributed by atoms with E-state index in [0.29, 0.717) is 12.0 Å². The van der Waals surface area contributed by atoms with E-state index in [0.717, 1.165) is 44.2 Å². The summed E-state index contributed by atoms with van der Waals surface area (Å²) in [4.78, 5) is 5.02. The number of rotatable bonds is 7. The lowest BCUT2D eigenvalue weighted by Gasteiger charge is -2.40. The van der Waals surface area contributed by atoms with Gasteiger partial charge in [0.05, 0.1) is 24.9 Å². The van der Waals surface area contributed by atoms with Gasteiger partial charge in [0.2, 0.25) is 0 Å². The lowest BCUT2D eigenvalue weighted by molar-refractivity contribution is 0.150. The fourth-order valence-corrected chi connectivity index (χ4v) is 4.86. The molecule has 2 aromatic rings. The van der Waals surface area contributed by atoms with Gasteiger partial charge in [0.15, 0.2) is 5.82 Å². The van der Waals surface area contributed by atoms with E-state index in [1.165, 1.54) is 31.4 Å². The first-order valence-corrected chi connectivity index (χ1v) is 11.1. The summed E-state index contributed by atoms with van der Waals surface area (Å²) in [5.74, 6) is 2.61. The molecule has 0 spiro atoms. The maximum atomic E-state index is 5.57. The van der Waals surface area contributed by atoms with Crippen molar-refractivity contribution in [1.29, 1.82) is 0 Å². The summed E-state index contributed by atoms with van der Waals surface area (Å²) in [6.45, 7) is 8.57. The average molecular weight is 399 g/mol. The van der Waals surface area contributed by atoms with Gasteiger partial charge in [0.1, 0.15) is 5.75 Å². The lowest BCUT2D eigenvalue weighted by atomic mass is 10.0. The van der Waals surface area contributed by atoms with Crippen molar-refractivity contribution in [3.63, 3.8) is 0 Å². The van der Waals surface area contributed by atoms with Crippen LogP contribution in [-0.4, -0.2) is 58.4 Å². The highest BCUT2D eigenvalue weighted by Gasteiger charge is 2.32. The third-order valence-corrected chi connectivity index (χ3v) is 6.36. The molecule has 0 bridgehead atoms. The van der Waals surface area contributed by atoms with Crippen LogP contribution in [-0.2, 0) is 0 Å². The van der Waals surface area contributed by atoms with Gasteiger partial charge >= 0.3 is 0 Å². The van der Waals surface area contributed by atoms with Crippen molar-refractivity contribution in [2.75, 3.05) is 38.2 Å². The third-order valence-electron chi connectivity index (χ3n) is 6.36. The Morgan fingerprint density at radius 3 is 2.48 bits per heavy atom. The lowest BCUT2D eigenvalue weighted by Crippen LogP contribution is -2.48. The van der Waals surface area contributed by atoms with Crippen LogP contribution in [0.2, 0.25) is 0 Å². The zero-order valence-electron chi connectivity index (χ0n) is 18.0. The molecule has 1 saturated heterocycles. The zero-order valence-corrected chi connectivity index (χ0v) is 18.0. The molecule has 7 heteroatoms. The van der Waals surface area contributed by atoms with Gasteiger partial charge in [-0.15, -0.1) is 5.10 Å². The molecule has 1 aromatic carbocycles. The third kappa shape index (κ3) is 4.39. The molecular formula is C22H34N6O. The predicted octanol–water partition coefficient (Wildman–Crippen LogP) is 3.71. The smallest absolute Gasteiger partial charge is 0.168 e.